The molecule has 0 radical (unpaired) electrons. The molecule has 2 N–H and O–H groups in total. The molecule has 2 aliphatic rings. The highest BCUT2D eigenvalue weighted by atomic mass is 19.1. The summed E-state index contributed by atoms with van der Waals surface area (Å²) in [6, 6.07) is 7.22. The average molecular weight is 347 g/mol. The number of hydrogen-bond donors (Lipinski definition) is 2. The highest BCUT2D eigenvalue weighted by molar-refractivity contribution is 5.72. The Morgan fingerprint density at radius 1 is 1.36 bits per heavy atom. The summed E-state index contributed by atoms with van der Waals surface area (Å²) in [6.07, 6.45) is -2.24. The zero-order valence-corrected chi connectivity index (χ0v) is 13.6. The molecule has 2 aliphatic heterocycles. The molecule has 1 aromatic carbocycles. The van der Waals surface area contributed by atoms with E-state index in [1.807, 2.05) is 19.1 Å². The van der Waals surface area contributed by atoms with Crippen molar-refractivity contribution >= 4 is 11.5 Å². The fraction of sp³-hybridized carbons (Fsp3) is 0.412. The summed E-state index contributed by atoms with van der Waals surface area (Å²) in [7, 11) is 0. The summed E-state index contributed by atoms with van der Waals surface area (Å²) in [5.41, 5.74) is 0.0183. The number of hydrogen-bond acceptors (Lipinski definition) is 6. The number of rotatable bonds is 3. The molecule has 0 amide bonds. The first kappa shape index (κ1) is 16.0. The van der Waals surface area contributed by atoms with E-state index in [0.717, 1.165) is 11.0 Å². The van der Waals surface area contributed by atoms with Crippen molar-refractivity contribution in [3.05, 3.63) is 40.9 Å². The van der Waals surface area contributed by atoms with E-state index in [-0.39, 0.29) is 5.82 Å². The highest BCUT2D eigenvalue weighted by Crippen LogP contribution is 2.41. The third-order valence-corrected chi connectivity index (χ3v) is 4.42. The smallest absolute Gasteiger partial charge is 0.352 e. The number of alkyl halides is 1. The van der Waals surface area contributed by atoms with Gasteiger partial charge in [-0.15, -0.1) is 0 Å². The molecular formula is C17H18FN3O4. The third kappa shape index (κ3) is 2.67. The topological polar surface area (TPSA) is 85.6 Å². The van der Waals surface area contributed by atoms with Crippen molar-refractivity contribution in [2.24, 2.45) is 0 Å². The number of aliphatic hydroxyl groups excluding tert-OH is 1. The van der Waals surface area contributed by atoms with Crippen molar-refractivity contribution < 1.29 is 19.0 Å². The van der Waals surface area contributed by atoms with Crippen LogP contribution in [-0.4, -0.2) is 33.0 Å². The van der Waals surface area contributed by atoms with Crippen molar-refractivity contribution in [1.82, 2.24) is 9.55 Å². The minimum Gasteiger partial charge on any atom is -0.450 e. The molecule has 25 heavy (non-hydrogen) atoms. The van der Waals surface area contributed by atoms with Crippen LogP contribution in [-0.2, 0) is 4.74 Å². The third-order valence-electron chi connectivity index (χ3n) is 4.42. The fourth-order valence-corrected chi connectivity index (χ4v) is 3.15. The van der Waals surface area contributed by atoms with Crippen molar-refractivity contribution in [3.8, 4) is 11.5 Å². The number of halogens is 1. The van der Waals surface area contributed by atoms with Gasteiger partial charge in [0.2, 0.25) is 0 Å². The Morgan fingerprint density at radius 2 is 2.16 bits per heavy atom. The Bertz CT molecular complexity index is 856. The van der Waals surface area contributed by atoms with Crippen LogP contribution in [0.1, 0.15) is 26.0 Å². The van der Waals surface area contributed by atoms with Crippen LogP contribution >= 0.6 is 0 Å². The van der Waals surface area contributed by atoms with Crippen LogP contribution in [0.15, 0.2) is 35.3 Å². The molecule has 4 rings (SSSR count). The number of fused-ring (bicyclic) bond motifs is 2. The van der Waals surface area contributed by atoms with Crippen molar-refractivity contribution in [1.29, 1.82) is 0 Å². The molecule has 0 bridgehead atoms. The van der Waals surface area contributed by atoms with Crippen LogP contribution in [0.4, 0.5) is 15.9 Å². The van der Waals surface area contributed by atoms with Gasteiger partial charge in [0, 0.05) is 0 Å². The zero-order valence-electron chi connectivity index (χ0n) is 13.6. The maximum atomic E-state index is 14.5. The standard InChI is InChI=1S/C17H18FN3O4/c1-2-5-11-14(22)13(18)16(25-11)21-8-12-15(20-17(21)23)19-9-6-3-4-7-10(9)24-12/h3-4,6-8,11,13-14,16,22H,2,5H2,1H3,(H,19,20,23). The molecule has 8 heteroatoms. The van der Waals surface area contributed by atoms with E-state index in [9.17, 15) is 14.3 Å². The van der Waals surface area contributed by atoms with Crippen LogP contribution < -0.4 is 15.7 Å². The van der Waals surface area contributed by atoms with Crippen LogP contribution in [0.25, 0.3) is 0 Å². The van der Waals surface area contributed by atoms with E-state index in [1.54, 1.807) is 12.1 Å². The summed E-state index contributed by atoms with van der Waals surface area (Å²) in [5.74, 6) is 1.14. The van der Waals surface area contributed by atoms with Gasteiger partial charge < -0.3 is 19.9 Å². The molecule has 0 saturated carbocycles. The Hall–Kier alpha value is -2.45. The summed E-state index contributed by atoms with van der Waals surface area (Å²) in [5, 5.41) is 13.0. The highest BCUT2D eigenvalue weighted by Gasteiger charge is 2.45. The Balaban J connectivity index is 1.68. The number of benzene rings is 1. The minimum atomic E-state index is -1.71. The monoisotopic (exact) mass is 347 g/mol. The van der Waals surface area contributed by atoms with E-state index < -0.39 is 30.3 Å². The van der Waals surface area contributed by atoms with Crippen molar-refractivity contribution in [2.75, 3.05) is 5.32 Å². The molecule has 0 aliphatic carbocycles. The predicted molar refractivity (Wildman–Crippen MR) is 88.0 cm³/mol. The largest absolute Gasteiger partial charge is 0.450 e. The molecule has 0 spiro atoms. The van der Waals surface area contributed by atoms with Gasteiger partial charge in [0.05, 0.1) is 18.0 Å². The number of anilines is 2. The zero-order chi connectivity index (χ0) is 17.6. The SMILES string of the molecule is CCCC1OC(n2cc3c(nc2=O)Nc2ccccc2O3)C(F)C1O. The normalized spacial score (nSPS) is 27.2. The average Bonchev–Trinajstić information content (AvgIpc) is 2.88. The van der Waals surface area contributed by atoms with Gasteiger partial charge in [0.15, 0.2) is 29.7 Å². The molecule has 1 fully saturated rings. The van der Waals surface area contributed by atoms with Crippen LogP contribution in [0.5, 0.6) is 11.5 Å². The quantitative estimate of drug-likeness (QED) is 0.757. The van der Waals surface area contributed by atoms with Crippen LogP contribution in [0.2, 0.25) is 0 Å². The van der Waals surface area contributed by atoms with Gasteiger partial charge in [-0.3, -0.25) is 4.57 Å². The van der Waals surface area contributed by atoms with Gasteiger partial charge in [-0.2, -0.15) is 4.98 Å². The summed E-state index contributed by atoms with van der Waals surface area (Å²) < 4.78 is 26.8. The number of nitrogens with one attached hydrogen (secondary N) is 1. The van der Waals surface area contributed by atoms with Gasteiger partial charge in [0.1, 0.15) is 6.10 Å². The number of aliphatic hydroxyl groups is 1. The van der Waals surface area contributed by atoms with E-state index in [4.69, 9.17) is 9.47 Å². The van der Waals surface area contributed by atoms with Gasteiger partial charge in [0.25, 0.3) is 0 Å². The number of aromatic nitrogens is 2. The van der Waals surface area contributed by atoms with Gasteiger partial charge in [-0.1, -0.05) is 25.5 Å². The molecule has 3 heterocycles. The van der Waals surface area contributed by atoms with E-state index in [1.165, 1.54) is 6.20 Å². The van der Waals surface area contributed by atoms with Crippen LogP contribution in [0.3, 0.4) is 0 Å². The van der Waals surface area contributed by atoms with Crippen LogP contribution in [0, 0.1) is 0 Å². The molecule has 4 atom stereocenters. The maximum Gasteiger partial charge on any atom is 0.352 e. The first-order valence-electron chi connectivity index (χ1n) is 8.23. The summed E-state index contributed by atoms with van der Waals surface area (Å²) in [4.78, 5) is 16.3. The Kier molecular flexibility index (Phi) is 3.93. The molecular weight excluding hydrogens is 329 g/mol. The molecule has 2 aromatic rings. The predicted octanol–water partition coefficient (Wildman–Crippen LogP) is 2.49. The lowest BCUT2D eigenvalue weighted by atomic mass is 10.1. The van der Waals surface area contributed by atoms with E-state index in [2.05, 4.69) is 10.3 Å². The Labute approximate surface area is 143 Å². The Morgan fingerprint density at radius 3 is 2.96 bits per heavy atom. The second kappa shape index (κ2) is 6.12. The van der Waals surface area contributed by atoms with Gasteiger partial charge >= 0.3 is 5.69 Å². The minimum absolute atomic E-state index is 0.263. The lowest BCUT2D eigenvalue weighted by Gasteiger charge is -2.23. The second-order valence-corrected chi connectivity index (χ2v) is 6.16. The van der Waals surface area contributed by atoms with E-state index in [0.29, 0.717) is 23.6 Å². The number of para-hydroxylation sites is 2. The summed E-state index contributed by atoms with van der Waals surface area (Å²) in [6.45, 7) is 1.92. The number of ether oxygens (including phenoxy) is 2. The van der Waals surface area contributed by atoms with Crippen molar-refractivity contribution in [2.45, 2.75) is 44.4 Å². The fourth-order valence-electron chi connectivity index (χ4n) is 3.15. The summed E-state index contributed by atoms with van der Waals surface area (Å²) >= 11 is 0. The molecule has 1 aromatic heterocycles. The van der Waals surface area contributed by atoms with Gasteiger partial charge in [-0.05, 0) is 18.6 Å². The first-order valence-corrected chi connectivity index (χ1v) is 8.23. The van der Waals surface area contributed by atoms with Crippen molar-refractivity contribution in [3.63, 3.8) is 0 Å². The molecule has 4 unspecified atom stereocenters. The first-order chi connectivity index (χ1) is 12.1. The van der Waals surface area contributed by atoms with Gasteiger partial charge in [-0.25, -0.2) is 9.18 Å². The molecule has 132 valence electrons. The molecule has 7 nitrogen and oxygen atoms in total. The van der Waals surface area contributed by atoms with E-state index >= 15 is 0 Å². The second-order valence-electron chi connectivity index (χ2n) is 6.16. The maximum absolute atomic E-state index is 14.5. The molecule has 1 saturated heterocycles. The lowest BCUT2D eigenvalue weighted by Crippen LogP contribution is -2.33. The number of nitrogens with zero attached hydrogens (tertiary/aromatic N) is 2. The lowest BCUT2D eigenvalue weighted by molar-refractivity contribution is -0.0304.